The first kappa shape index (κ1) is 12.6. The number of nitrogens with zero attached hydrogens (tertiary/aromatic N) is 1. The number of aryl methyl sites for hydroxylation is 2. The number of hydrogen-bond donors (Lipinski definition) is 2. The largest absolute Gasteiger partial charge is 0.398 e. The Hall–Kier alpha value is -1.81. The maximum atomic E-state index is 5.91. The molecule has 0 saturated heterocycles. The summed E-state index contributed by atoms with van der Waals surface area (Å²) in [6.45, 7) is 6.73. The van der Waals surface area contributed by atoms with Crippen LogP contribution < -0.4 is 11.1 Å². The van der Waals surface area contributed by atoms with Crippen LogP contribution in [0.1, 0.15) is 35.5 Å². The third-order valence-corrected chi connectivity index (χ3v) is 3.18. The Kier molecular flexibility index (Phi) is 3.67. The van der Waals surface area contributed by atoms with E-state index in [1.165, 1.54) is 0 Å². The van der Waals surface area contributed by atoms with Crippen LogP contribution in [0.4, 0.5) is 5.69 Å². The van der Waals surface area contributed by atoms with Crippen LogP contribution in [0.5, 0.6) is 0 Å². The highest BCUT2D eigenvalue weighted by Gasteiger charge is 2.15. The smallest absolute Gasteiger partial charge is 0.138 e. The molecular weight excluding hydrogens is 226 g/mol. The Balaban J connectivity index is 2.05. The van der Waals surface area contributed by atoms with Crippen molar-refractivity contribution in [1.29, 1.82) is 0 Å². The zero-order valence-electron chi connectivity index (χ0n) is 11.0. The molecule has 1 unspecified atom stereocenters. The van der Waals surface area contributed by atoms with Crippen LogP contribution in [-0.2, 0) is 6.54 Å². The SMILES string of the molecule is Cc1noc(C)c1C(C)NCc1ccccc1N. The van der Waals surface area contributed by atoms with Gasteiger partial charge in [0.25, 0.3) is 0 Å². The lowest BCUT2D eigenvalue weighted by Gasteiger charge is -2.14. The van der Waals surface area contributed by atoms with Gasteiger partial charge in [-0.25, -0.2) is 0 Å². The van der Waals surface area contributed by atoms with E-state index in [2.05, 4.69) is 17.4 Å². The van der Waals surface area contributed by atoms with Crippen LogP contribution in [-0.4, -0.2) is 5.16 Å². The van der Waals surface area contributed by atoms with E-state index >= 15 is 0 Å². The molecule has 0 aliphatic heterocycles. The second-order valence-electron chi connectivity index (χ2n) is 4.54. The molecule has 96 valence electrons. The van der Waals surface area contributed by atoms with Crippen LogP contribution >= 0.6 is 0 Å². The number of nitrogens with two attached hydrogens (primary N) is 1. The van der Waals surface area contributed by atoms with Gasteiger partial charge in [0, 0.05) is 23.8 Å². The average Bonchev–Trinajstić information content (AvgIpc) is 2.68. The zero-order valence-corrected chi connectivity index (χ0v) is 11.0. The van der Waals surface area contributed by atoms with Crippen molar-refractivity contribution in [3.8, 4) is 0 Å². The highest BCUT2D eigenvalue weighted by Crippen LogP contribution is 2.21. The van der Waals surface area contributed by atoms with Crippen molar-refractivity contribution in [3.63, 3.8) is 0 Å². The molecule has 0 amide bonds. The molecule has 3 N–H and O–H groups in total. The van der Waals surface area contributed by atoms with E-state index in [9.17, 15) is 0 Å². The van der Waals surface area contributed by atoms with Gasteiger partial charge >= 0.3 is 0 Å². The fourth-order valence-electron chi connectivity index (χ4n) is 2.17. The first-order chi connectivity index (χ1) is 8.59. The summed E-state index contributed by atoms with van der Waals surface area (Å²) in [7, 11) is 0. The predicted molar refractivity (Wildman–Crippen MR) is 72.1 cm³/mol. The minimum absolute atomic E-state index is 0.191. The highest BCUT2D eigenvalue weighted by atomic mass is 16.5. The molecular formula is C14H19N3O. The maximum Gasteiger partial charge on any atom is 0.138 e. The molecule has 0 bridgehead atoms. The Morgan fingerprint density at radius 1 is 1.33 bits per heavy atom. The van der Waals surface area contributed by atoms with Gasteiger partial charge in [0.1, 0.15) is 5.76 Å². The van der Waals surface area contributed by atoms with E-state index in [1.807, 2.05) is 38.1 Å². The Labute approximate surface area is 107 Å². The van der Waals surface area contributed by atoms with E-state index < -0.39 is 0 Å². The molecule has 1 heterocycles. The molecule has 0 saturated carbocycles. The van der Waals surface area contributed by atoms with Crippen molar-refractivity contribution < 1.29 is 4.52 Å². The van der Waals surface area contributed by atoms with Crippen molar-refractivity contribution >= 4 is 5.69 Å². The van der Waals surface area contributed by atoms with Crippen molar-refractivity contribution in [1.82, 2.24) is 10.5 Å². The molecule has 0 aliphatic rings. The Morgan fingerprint density at radius 2 is 2.06 bits per heavy atom. The van der Waals surface area contributed by atoms with Gasteiger partial charge in [0.2, 0.25) is 0 Å². The third kappa shape index (κ3) is 2.54. The standard InChI is InChI=1S/C14H19N3O/c1-9(14-10(2)17-18-11(14)3)16-8-12-6-4-5-7-13(12)15/h4-7,9,16H,8,15H2,1-3H3. The highest BCUT2D eigenvalue weighted by molar-refractivity contribution is 5.46. The van der Waals surface area contributed by atoms with Gasteiger partial charge in [-0.2, -0.15) is 0 Å². The van der Waals surface area contributed by atoms with Crippen molar-refractivity contribution in [2.45, 2.75) is 33.4 Å². The average molecular weight is 245 g/mol. The van der Waals surface area contributed by atoms with E-state index in [4.69, 9.17) is 10.3 Å². The molecule has 4 nitrogen and oxygen atoms in total. The monoisotopic (exact) mass is 245 g/mol. The van der Waals surface area contributed by atoms with Crippen molar-refractivity contribution in [2.24, 2.45) is 0 Å². The van der Waals surface area contributed by atoms with Crippen molar-refractivity contribution in [3.05, 3.63) is 46.8 Å². The molecule has 2 aromatic rings. The number of aromatic nitrogens is 1. The summed E-state index contributed by atoms with van der Waals surface area (Å²) in [5.74, 6) is 0.869. The molecule has 0 spiro atoms. The molecule has 1 aromatic carbocycles. The number of anilines is 1. The summed E-state index contributed by atoms with van der Waals surface area (Å²) in [5, 5.41) is 7.41. The van der Waals surface area contributed by atoms with Gasteiger partial charge < -0.3 is 15.6 Å². The number of nitrogen functional groups attached to an aromatic ring is 1. The number of para-hydroxylation sites is 1. The van der Waals surface area contributed by atoms with Crippen LogP contribution in [0.25, 0.3) is 0 Å². The van der Waals surface area contributed by atoms with Crippen LogP contribution in [0.15, 0.2) is 28.8 Å². The number of nitrogens with one attached hydrogen (secondary N) is 1. The fourth-order valence-corrected chi connectivity index (χ4v) is 2.17. The van der Waals surface area contributed by atoms with Gasteiger partial charge in [-0.15, -0.1) is 0 Å². The van der Waals surface area contributed by atoms with E-state index in [-0.39, 0.29) is 6.04 Å². The van der Waals surface area contributed by atoms with Crippen LogP contribution in [0.2, 0.25) is 0 Å². The molecule has 4 heteroatoms. The van der Waals surface area contributed by atoms with E-state index in [0.717, 1.165) is 34.8 Å². The Bertz CT molecular complexity index is 514. The predicted octanol–water partition coefficient (Wildman–Crippen LogP) is 2.72. The molecule has 0 aliphatic carbocycles. The number of hydrogen-bond acceptors (Lipinski definition) is 4. The van der Waals surface area contributed by atoms with Crippen LogP contribution in [0, 0.1) is 13.8 Å². The normalized spacial score (nSPS) is 12.6. The zero-order chi connectivity index (χ0) is 13.1. The fraction of sp³-hybridized carbons (Fsp3) is 0.357. The minimum atomic E-state index is 0.191. The quantitative estimate of drug-likeness (QED) is 0.813. The summed E-state index contributed by atoms with van der Waals surface area (Å²) in [4.78, 5) is 0. The van der Waals surface area contributed by atoms with Gasteiger partial charge in [0.05, 0.1) is 5.69 Å². The molecule has 1 aromatic heterocycles. The van der Waals surface area contributed by atoms with Gasteiger partial charge in [-0.1, -0.05) is 23.4 Å². The first-order valence-electron chi connectivity index (χ1n) is 6.09. The van der Waals surface area contributed by atoms with Gasteiger partial charge in [-0.05, 0) is 32.4 Å². The van der Waals surface area contributed by atoms with Gasteiger partial charge in [0.15, 0.2) is 0 Å². The van der Waals surface area contributed by atoms with E-state index in [1.54, 1.807) is 0 Å². The first-order valence-corrected chi connectivity index (χ1v) is 6.09. The molecule has 1 atom stereocenters. The summed E-state index contributed by atoms with van der Waals surface area (Å²) in [6.07, 6.45) is 0. The number of rotatable bonds is 4. The summed E-state index contributed by atoms with van der Waals surface area (Å²) < 4.78 is 5.18. The molecule has 2 rings (SSSR count). The third-order valence-electron chi connectivity index (χ3n) is 3.18. The second kappa shape index (κ2) is 5.23. The van der Waals surface area contributed by atoms with Crippen LogP contribution in [0.3, 0.4) is 0 Å². The van der Waals surface area contributed by atoms with Gasteiger partial charge in [-0.3, -0.25) is 0 Å². The van der Waals surface area contributed by atoms with Crippen molar-refractivity contribution in [2.75, 3.05) is 5.73 Å². The minimum Gasteiger partial charge on any atom is -0.398 e. The van der Waals surface area contributed by atoms with E-state index in [0.29, 0.717) is 0 Å². The lowest BCUT2D eigenvalue weighted by molar-refractivity contribution is 0.390. The molecule has 18 heavy (non-hydrogen) atoms. The summed E-state index contributed by atoms with van der Waals surface area (Å²) >= 11 is 0. The molecule has 0 fully saturated rings. The molecule has 0 radical (unpaired) electrons. The Morgan fingerprint density at radius 3 is 2.67 bits per heavy atom. The topological polar surface area (TPSA) is 64.1 Å². The summed E-state index contributed by atoms with van der Waals surface area (Å²) in [6, 6.07) is 8.07. The lowest BCUT2D eigenvalue weighted by atomic mass is 10.1. The second-order valence-corrected chi connectivity index (χ2v) is 4.54. The maximum absolute atomic E-state index is 5.91. The summed E-state index contributed by atoms with van der Waals surface area (Å²) in [5.41, 5.74) is 9.91. The number of benzene rings is 1. The lowest BCUT2D eigenvalue weighted by Crippen LogP contribution is -2.19.